The molecule has 0 bridgehead atoms. The molecule has 0 aliphatic carbocycles. The van der Waals surface area contributed by atoms with Gasteiger partial charge >= 0.3 is 0 Å². The van der Waals surface area contributed by atoms with Gasteiger partial charge in [0, 0.05) is 25.4 Å². The maximum absolute atomic E-state index is 12.6. The van der Waals surface area contributed by atoms with E-state index in [1.807, 2.05) is 17.5 Å². The van der Waals surface area contributed by atoms with Gasteiger partial charge in [0.2, 0.25) is 21.7 Å². The highest BCUT2D eigenvalue weighted by Crippen LogP contribution is 2.21. The molecule has 0 atom stereocenters. The number of hydrogen-bond donors (Lipinski definition) is 0. The number of sulfonamides is 1. The van der Waals surface area contributed by atoms with Gasteiger partial charge in [-0.1, -0.05) is 25.1 Å². The average Bonchev–Trinajstić information content (AvgIpc) is 3.29. The van der Waals surface area contributed by atoms with Gasteiger partial charge in [0.05, 0.1) is 9.77 Å². The van der Waals surface area contributed by atoms with Crippen LogP contribution in [0.1, 0.15) is 19.7 Å². The molecule has 0 radical (unpaired) electrons. The van der Waals surface area contributed by atoms with Gasteiger partial charge in [-0.2, -0.15) is 9.29 Å². The smallest absolute Gasteiger partial charge is 0.251 e. The molecule has 8 nitrogen and oxygen atoms in total. The molecule has 0 saturated heterocycles. The Morgan fingerprint density at radius 1 is 1.23 bits per heavy atom. The quantitative estimate of drug-likeness (QED) is 0.608. The van der Waals surface area contributed by atoms with Gasteiger partial charge in [0.15, 0.2) is 0 Å². The lowest BCUT2D eigenvalue weighted by Gasteiger charge is -2.18. The topological polar surface area (TPSA) is 98.3 Å². The first-order valence-corrected chi connectivity index (χ1v) is 10.3. The molecule has 0 N–H and O–H groups in total. The van der Waals surface area contributed by atoms with Crippen LogP contribution >= 0.6 is 11.3 Å². The Hall–Kier alpha value is -2.30. The highest BCUT2D eigenvalue weighted by Gasteiger charge is 2.22. The Bertz CT molecular complexity index is 1030. The molecular weight excluding hydrogens is 376 g/mol. The van der Waals surface area contributed by atoms with E-state index in [2.05, 4.69) is 10.1 Å². The van der Waals surface area contributed by atoms with Crippen LogP contribution in [0.15, 0.2) is 50.1 Å². The first-order valence-electron chi connectivity index (χ1n) is 8.02. The Morgan fingerprint density at radius 3 is 2.65 bits per heavy atom. The van der Waals surface area contributed by atoms with Crippen molar-refractivity contribution in [2.75, 3.05) is 13.1 Å². The van der Waals surface area contributed by atoms with Crippen LogP contribution < -0.4 is 5.56 Å². The zero-order valence-corrected chi connectivity index (χ0v) is 16.0. The maximum atomic E-state index is 12.6. The van der Waals surface area contributed by atoms with Gasteiger partial charge in [-0.3, -0.25) is 4.79 Å². The predicted molar refractivity (Wildman–Crippen MR) is 97.5 cm³/mol. The van der Waals surface area contributed by atoms with Gasteiger partial charge in [-0.05, 0) is 17.5 Å². The van der Waals surface area contributed by atoms with Crippen molar-refractivity contribution in [1.82, 2.24) is 19.0 Å². The lowest BCUT2D eigenvalue weighted by atomic mass is 10.4. The third-order valence-corrected chi connectivity index (χ3v) is 6.71. The SMILES string of the molecule is CCN(CC)S(=O)(=O)c1ccc(=O)n(Cc2nc(-c3cccs3)no2)c1. The van der Waals surface area contributed by atoms with E-state index in [4.69, 9.17) is 4.52 Å². The van der Waals surface area contributed by atoms with E-state index in [1.54, 1.807) is 13.8 Å². The van der Waals surface area contributed by atoms with Crippen LogP contribution in [0.5, 0.6) is 0 Å². The molecule has 0 aromatic carbocycles. The Balaban J connectivity index is 1.91. The number of pyridine rings is 1. The van der Waals surface area contributed by atoms with Crippen LogP contribution in [0.2, 0.25) is 0 Å². The van der Waals surface area contributed by atoms with Crippen molar-refractivity contribution < 1.29 is 12.9 Å². The summed E-state index contributed by atoms with van der Waals surface area (Å²) in [6, 6.07) is 6.29. The summed E-state index contributed by atoms with van der Waals surface area (Å²) in [5, 5.41) is 5.79. The molecule has 3 aromatic heterocycles. The van der Waals surface area contributed by atoms with E-state index < -0.39 is 10.0 Å². The monoisotopic (exact) mass is 394 g/mol. The summed E-state index contributed by atoms with van der Waals surface area (Å²) in [4.78, 5) is 17.3. The first-order chi connectivity index (χ1) is 12.5. The first kappa shape index (κ1) is 18.5. The fourth-order valence-electron chi connectivity index (χ4n) is 2.47. The molecule has 0 aliphatic heterocycles. The van der Waals surface area contributed by atoms with Crippen molar-refractivity contribution in [2.24, 2.45) is 0 Å². The van der Waals surface area contributed by atoms with Gasteiger partial charge in [-0.15, -0.1) is 11.3 Å². The summed E-state index contributed by atoms with van der Waals surface area (Å²) in [6.45, 7) is 4.24. The minimum Gasteiger partial charge on any atom is -0.337 e. The molecule has 0 unspecified atom stereocenters. The van der Waals surface area contributed by atoms with E-state index >= 15 is 0 Å². The molecule has 26 heavy (non-hydrogen) atoms. The summed E-state index contributed by atoms with van der Waals surface area (Å²) in [6.07, 6.45) is 1.31. The Morgan fingerprint density at radius 2 is 2.00 bits per heavy atom. The molecule has 0 fully saturated rings. The van der Waals surface area contributed by atoms with Crippen molar-refractivity contribution >= 4 is 21.4 Å². The third kappa shape index (κ3) is 3.62. The number of rotatable bonds is 7. The van der Waals surface area contributed by atoms with E-state index in [-0.39, 0.29) is 22.9 Å². The van der Waals surface area contributed by atoms with E-state index in [0.717, 1.165) is 4.88 Å². The molecule has 0 spiro atoms. The second-order valence-electron chi connectivity index (χ2n) is 5.41. The average molecular weight is 394 g/mol. The third-order valence-electron chi connectivity index (χ3n) is 3.81. The van der Waals surface area contributed by atoms with Gasteiger partial charge in [0.25, 0.3) is 5.56 Å². The largest absolute Gasteiger partial charge is 0.337 e. The lowest BCUT2D eigenvalue weighted by Crippen LogP contribution is -2.32. The fourth-order valence-corrected chi connectivity index (χ4v) is 4.60. The molecule has 10 heteroatoms. The Labute approximate surface area is 154 Å². The summed E-state index contributed by atoms with van der Waals surface area (Å²) < 4.78 is 33.0. The molecule has 0 aliphatic rings. The summed E-state index contributed by atoms with van der Waals surface area (Å²) in [7, 11) is -3.65. The second kappa shape index (κ2) is 7.52. The van der Waals surface area contributed by atoms with Crippen molar-refractivity contribution in [3.63, 3.8) is 0 Å². The molecule has 3 heterocycles. The summed E-state index contributed by atoms with van der Waals surface area (Å²) in [5.74, 6) is 0.669. The minimum atomic E-state index is -3.65. The normalized spacial score (nSPS) is 12.0. The van der Waals surface area contributed by atoms with Crippen LogP contribution in [-0.2, 0) is 16.6 Å². The number of aromatic nitrogens is 3. The number of hydrogen-bond acceptors (Lipinski definition) is 7. The van der Waals surface area contributed by atoms with Gasteiger partial charge in [0.1, 0.15) is 6.54 Å². The van der Waals surface area contributed by atoms with Crippen molar-refractivity contribution in [3.05, 3.63) is 52.1 Å². The zero-order chi connectivity index (χ0) is 18.7. The highest BCUT2D eigenvalue weighted by molar-refractivity contribution is 7.89. The fraction of sp³-hybridized carbons (Fsp3) is 0.312. The molecular formula is C16H18N4O4S2. The summed E-state index contributed by atoms with van der Waals surface area (Å²) in [5.41, 5.74) is -0.348. The van der Waals surface area contributed by atoms with Crippen LogP contribution in [0.4, 0.5) is 0 Å². The molecule has 138 valence electrons. The minimum absolute atomic E-state index is 0.00117. The van der Waals surface area contributed by atoms with Crippen LogP contribution in [-0.4, -0.2) is 40.5 Å². The predicted octanol–water partition coefficient (Wildman–Crippen LogP) is 2.04. The summed E-state index contributed by atoms with van der Waals surface area (Å²) >= 11 is 1.47. The molecule has 0 amide bonds. The maximum Gasteiger partial charge on any atom is 0.251 e. The molecule has 3 aromatic rings. The Kier molecular flexibility index (Phi) is 5.35. The van der Waals surface area contributed by atoms with Gasteiger partial charge in [-0.25, -0.2) is 8.42 Å². The van der Waals surface area contributed by atoms with Crippen molar-refractivity contribution in [2.45, 2.75) is 25.3 Å². The van der Waals surface area contributed by atoms with Crippen LogP contribution in [0, 0.1) is 0 Å². The van der Waals surface area contributed by atoms with Crippen molar-refractivity contribution in [3.8, 4) is 10.7 Å². The van der Waals surface area contributed by atoms with Crippen LogP contribution in [0.25, 0.3) is 10.7 Å². The lowest BCUT2D eigenvalue weighted by molar-refractivity contribution is 0.369. The zero-order valence-electron chi connectivity index (χ0n) is 14.3. The number of thiophene rings is 1. The second-order valence-corrected chi connectivity index (χ2v) is 8.29. The van der Waals surface area contributed by atoms with Crippen LogP contribution in [0.3, 0.4) is 0 Å². The van der Waals surface area contributed by atoms with E-state index in [1.165, 1.54) is 38.5 Å². The van der Waals surface area contributed by atoms with E-state index in [0.29, 0.717) is 18.9 Å². The highest BCUT2D eigenvalue weighted by atomic mass is 32.2. The van der Waals surface area contributed by atoms with Gasteiger partial charge < -0.3 is 9.09 Å². The molecule has 3 rings (SSSR count). The standard InChI is InChI=1S/C16H18N4O4S2/c1-3-20(4-2)26(22,23)12-7-8-15(21)19(10-12)11-14-17-16(18-24-14)13-6-5-9-25-13/h5-10H,3-4,11H2,1-2H3. The van der Waals surface area contributed by atoms with E-state index in [9.17, 15) is 13.2 Å². The van der Waals surface area contributed by atoms with Crippen molar-refractivity contribution in [1.29, 1.82) is 0 Å². The number of nitrogens with zero attached hydrogens (tertiary/aromatic N) is 4. The molecule has 0 saturated carbocycles.